The molecule has 0 aromatic heterocycles. The Balaban J connectivity index is 1.79. The first-order chi connectivity index (χ1) is 11.1. The number of carbonyl (C=O) groups is 2. The Morgan fingerprint density at radius 1 is 1.13 bits per heavy atom. The highest BCUT2D eigenvalue weighted by Crippen LogP contribution is 2.24. The van der Waals surface area contributed by atoms with Crippen LogP contribution in [0.2, 0.25) is 0 Å². The van der Waals surface area contributed by atoms with E-state index in [2.05, 4.69) is 10.6 Å². The summed E-state index contributed by atoms with van der Waals surface area (Å²) in [6.45, 7) is 0. The van der Waals surface area contributed by atoms with Crippen molar-refractivity contribution < 1.29 is 14.0 Å². The third-order valence-corrected chi connectivity index (χ3v) is 3.96. The van der Waals surface area contributed by atoms with Crippen LogP contribution in [-0.2, 0) is 4.79 Å². The van der Waals surface area contributed by atoms with Crippen LogP contribution < -0.4 is 10.6 Å². The van der Waals surface area contributed by atoms with Crippen molar-refractivity contribution in [3.8, 4) is 0 Å². The first-order valence-electron chi connectivity index (χ1n) is 7.54. The van der Waals surface area contributed by atoms with Crippen molar-refractivity contribution >= 4 is 11.8 Å². The lowest BCUT2D eigenvalue weighted by Gasteiger charge is -2.33. The average Bonchev–Trinajstić information content (AvgIpc) is 2.57. The Hall–Kier alpha value is -2.69. The van der Waals surface area contributed by atoms with Crippen LogP contribution in [0, 0.1) is 5.82 Å². The maximum Gasteiger partial charge on any atom is 0.251 e. The lowest BCUT2D eigenvalue weighted by molar-refractivity contribution is -0.123. The SMILES string of the molecule is O=C1CC[C@@H](NC(=O)c2cccc(F)c2)[C@H](c2ccccc2)N1. The molecule has 2 N–H and O–H groups in total. The molecule has 0 aliphatic carbocycles. The summed E-state index contributed by atoms with van der Waals surface area (Å²) in [4.78, 5) is 24.1. The van der Waals surface area contributed by atoms with Gasteiger partial charge in [-0.3, -0.25) is 9.59 Å². The van der Waals surface area contributed by atoms with Gasteiger partial charge < -0.3 is 10.6 Å². The van der Waals surface area contributed by atoms with Crippen molar-refractivity contribution in [2.24, 2.45) is 0 Å². The topological polar surface area (TPSA) is 58.2 Å². The molecule has 1 saturated heterocycles. The van der Waals surface area contributed by atoms with Crippen LogP contribution in [-0.4, -0.2) is 17.9 Å². The molecule has 0 unspecified atom stereocenters. The van der Waals surface area contributed by atoms with E-state index in [1.165, 1.54) is 18.2 Å². The Morgan fingerprint density at radius 2 is 1.91 bits per heavy atom. The number of nitrogens with one attached hydrogen (secondary N) is 2. The minimum absolute atomic E-state index is 0.0323. The van der Waals surface area contributed by atoms with Crippen molar-refractivity contribution in [3.05, 3.63) is 71.5 Å². The summed E-state index contributed by atoms with van der Waals surface area (Å²) in [6.07, 6.45) is 0.907. The Bertz CT molecular complexity index is 718. The summed E-state index contributed by atoms with van der Waals surface area (Å²) in [5.41, 5.74) is 1.21. The maximum atomic E-state index is 13.3. The number of benzene rings is 2. The molecule has 0 saturated carbocycles. The molecule has 4 nitrogen and oxygen atoms in total. The maximum absolute atomic E-state index is 13.3. The van der Waals surface area contributed by atoms with Crippen molar-refractivity contribution in [2.75, 3.05) is 0 Å². The molecule has 118 valence electrons. The second kappa shape index (κ2) is 6.60. The van der Waals surface area contributed by atoms with E-state index in [0.717, 1.165) is 5.56 Å². The molecule has 2 aromatic rings. The molecule has 1 heterocycles. The van der Waals surface area contributed by atoms with Crippen LogP contribution in [0.25, 0.3) is 0 Å². The largest absolute Gasteiger partial charge is 0.347 e. The highest BCUT2D eigenvalue weighted by atomic mass is 19.1. The van der Waals surface area contributed by atoms with Gasteiger partial charge in [0.15, 0.2) is 0 Å². The molecule has 5 heteroatoms. The molecule has 1 fully saturated rings. The molecular weight excluding hydrogens is 295 g/mol. The fourth-order valence-corrected chi connectivity index (χ4v) is 2.81. The number of carbonyl (C=O) groups excluding carboxylic acids is 2. The van der Waals surface area contributed by atoms with Gasteiger partial charge in [-0.05, 0) is 30.2 Å². The normalized spacial score (nSPS) is 20.7. The van der Waals surface area contributed by atoms with Gasteiger partial charge in [0.25, 0.3) is 5.91 Å². The van der Waals surface area contributed by atoms with E-state index in [4.69, 9.17) is 0 Å². The fourth-order valence-electron chi connectivity index (χ4n) is 2.81. The predicted molar refractivity (Wildman–Crippen MR) is 84.2 cm³/mol. The van der Waals surface area contributed by atoms with Crippen molar-refractivity contribution in [3.63, 3.8) is 0 Å². The Morgan fingerprint density at radius 3 is 2.65 bits per heavy atom. The van der Waals surface area contributed by atoms with Crippen LogP contribution in [0.1, 0.15) is 34.8 Å². The summed E-state index contributed by atoms with van der Waals surface area (Å²) < 4.78 is 13.3. The third-order valence-electron chi connectivity index (χ3n) is 3.96. The van der Waals surface area contributed by atoms with Gasteiger partial charge in [-0.2, -0.15) is 0 Å². The van der Waals surface area contributed by atoms with Crippen molar-refractivity contribution in [2.45, 2.75) is 24.9 Å². The lowest BCUT2D eigenvalue weighted by atomic mass is 9.91. The molecular formula is C18H17FN2O2. The highest BCUT2D eigenvalue weighted by Gasteiger charge is 2.31. The zero-order valence-corrected chi connectivity index (χ0v) is 12.5. The van der Waals surface area contributed by atoms with Crippen molar-refractivity contribution in [1.82, 2.24) is 10.6 Å². The van der Waals surface area contributed by atoms with E-state index in [1.807, 2.05) is 30.3 Å². The van der Waals surface area contributed by atoms with E-state index < -0.39 is 5.82 Å². The molecule has 3 rings (SSSR count). The smallest absolute Gasteiger partial charge is 0.251 e. The van der Waals surface area contributed by atoms with Crippen LogP contribution in [0.3, 0.4) is 0 Å². The number of piperidine rings is 1. The average molecular weight is 312 g/mol. The second-order valence-electron chi connectivity index (χ2n) is 5.58. The van der Waals surface area contributed by atoms with Crippen LogP contribution in [0.15, 0.2) is 54.6 Å². The summed E-state index contributed by atoms with van der Waals surface area (Å²) in [7, 11) is 0. The fraction of sp³-hybridized carbons (Fsp3) is 0.222. The zero-order chi connectivity index (χ0) is 16.2. The zero-order valence-electron chi connectivity index (χ0n) is 12.5. The predicted octanol–water partition coefficient (Wildman–Crippen LogP) is 2.58. The number of hydrogen-bond donors (Lipinski definition) is 2. The third kappa shape index (κ3) is 3.56. The summed E-state index contributed by atoms with van der Waals surface area (Å²) in [5, 5.41) is 5.83. The van der Waals surface area contributed by atoms with Gasteiger partial charge in [0.05, 0.1) is 12.1 Å². The molecule has 0 radical (unpaired) electrons. The van der Waals surface area contributed by atoms with E-state index in [1.54, 1.807) is 6.07 Å². The van der Waals surface area contributed by atoms with E-state index in [0.29, 0.717) is 12.8 Å². The minimum atomic E-state index is -0.450. The van der Waals surface area contributed by atoms with Crippen LogP contribution >= 0.6 is 0 Å². The highest BCUT2D eigenvalue weighted by molar-refractivity contribution is 5.94. The Labute approximate surface area is 133 Å². The molecule has 2 atom stereocenters. The molecule has 1 aliphatic rings. The van der Waals surface area contributed by atoms with Gasteiger partial charge in [0.2, 0.25) is 5.91 Å². The van der Waals surface area contributed by atoms with Gasteiger partial charge in [-0.1, -0.05) is 36.4 Å². The summed E-state index contributed by atoms with van der Waals surface area (Å²) in [6, 6.07) is 14.6. The van der Waals surface area contributed by atoms with Crippen LogP contribution in [0.4, 0.5) is 4.39 Å². The van der Waals surface area contributed by atoms with Gasteiger partial charge >= 0.3 is 0 Å². The molecule has 0 bridgehead atoms. The second-order valence-corrected chi connectivity index (χ2v) is 5.58. The minimum Gasteiger partial charge on any atom is -0.347 e. The van der Waals surface area contributed by atoms with Crippen molar-refractivity contribution in [1.29, 1.82) is 0 Å². The van der Waals surface area contributed by atoms with Gasteiger partial charge in [-0.15, -0.1) is 0 Å². The summed E-state index contributed by atoms with van der Waals surface area (Å²) in [5.74, 6) is -0.823. The molecule has 23 heavy (non-hydrogen) atoms. The van der Waals surface area contributed by atoms with E-state index in [-0.39, 0.29) is 29.5 Å². The first kappa shape index (κ1) is 15.2. The van der Waals surface area contributed by atoms with Gasteiger partial charge in [0.1, 0.15) is 5.82 Å². The van der Waals surface area contributed by atoms with E-state index >= 15 is 0 Å². The van der Waals surface area contributed by atoms with Crippen LogP contribution in [0.5, 0.6) is 0 Å². The quantitative estimate of drug-likeness (QED) is 0.915. The monoisotopic (exact) mass is 312 g/mol. The molecule has 0 spiro atoms. The lowest BCUT2D eigenvalue weighted by Crippen LogP contribution is -2.50. The standard InChI is InChI=1S/C18H17FN2O2/c19-14-8-4-7-13(11-14)18(23)20-15-9-10-16(22)21-17(15)12-5-2-1-3-6-12/h1-8,11,15,17H,9-10H2,(H,20,23)(H,21,22)/t15-,17+/m1/s1. The summed E-state index contributed by atoms with van der Waals surface area (Å²) >= 11 is 0. The Kier molecular flexibility index (Phi) is 4.37. The number of hydrogen-bond acceptors (Lipinski definition) is 2. The van der Waals surface area contributed by atoms with E-state index in [9.17, 15) is 14.0 Å². The van der Waals surface area contributed by atoms with Gasteiger partial charge in [-0.25, -0.2) is 4.39 Å². The molecule has 2 amide bonds. The first-order valence-corrected chi connectivity index (χ1v) is 7.54. The number of amides is 2. The van der Waals surface area contributed by atoms with Gasteiger partial charge in [0, 0.05) is 12.0 Å². The molecule has 1 aliphatic heterocycles. The number of halogens is 1. The number of rotatable bonds is 3. The molecule has 2 aromatic carbocycles.